The number of hydrogen-bond acceptors (Lipinski definition) is 3. The molecule has 0 heterocycles. The quantitative estimate of drug-likeness (QED) is 0.638. The van der Waals surface area contributed by atoms with Gasteiger partial charge in [0.2, 0.25) is 5.91 Å². The van der Waals surface area contributed by atoms with Crippen molar-refractivity contribution in [2.45, 2.75) is 45.8 Å². The Balaban J connectivity index is 3.44. The van der Waals surface area contributed by atoms with E-state index in [1.165, 1.54) is 0 Å². The summed E-state index contributed by atoms with van der Waals surface area (Å²) < 4.78 is 4.92. The predicted octanol–water partition coefficient (Wildman–Crippen LogP) is 1.26. The van der Waals surface area contributed by atoms with E-state index in [9.17, 15) is 4.79 Å². The van der Waals surface area contributed by atoms with Gasteiger partial charge in [-0.3, -0.25) is 4.79 Å². The number of unbranched alkanes of at least 4 members (excludes halogenated alkanes) is 1. The van der Waals surface area contributed by atoms with E-state index in [4.69, 9.17) is 4.74 Å². The zero-order valence-corrected chi connectivity index (χ0v) is 11.2. The number of hydrogen-bond donors (Lipinski definition) is 1. The minimum Gasteiger partial charge on any atom is -0.372 e. The van der Waals surface area contributed by atoms with Crippen LogP contribution in [-0.4, -0.2) is 50.2 Å². The Morgan fingerprint density at radius 2 is 1.94 bits per heavy atom. The van der Waals surface area contributed by atoms with Crippen molar-refractivity contribution in [1.82, 2.24) is 10.2 Å². The van der Waals surface area contributed by atoms with Crippen LogP contribution in [0.4, 0.5) is 0 Å². The van der Waals surface area contributed by atoms with Gasteiger partial charge in [-0.05, 0) is 47.2 Å². The molecule has 1 amide bonds. The van der Waals surface area contributed by atoms with Gasteiger partial charge in [-0.2, -0.15) is 0 Å². The first-order valence-electron chi connectivity index (χ1n) is 5.99. The lowest BCUT2D eigenvalue weighted by Crippen LogP contribution is -2.34. The van der Waals surface area contributed by atoms with Crippen molar-refractivity contribution in [3.05, 3.63) is 0 Å². The lowest BCUT2D eigenvalue weighted by Gasteiger charge is -2.20. The first kappa shape index (κ1) is 15.4. The van der Waals surface area contributed by atoms with Gasteiger partial charge < -0.3 is 15.0 Å². The summed E-state index contributed by atoms with van der Waals surface area (Å²) in [6, 6.07) is 0.586. The monoisotopic (exact) mass is 230 g/mol. The van der Waals surface area contributed by atoms with E-state index >= 15 is 0 Å². The number of nitrogens with one attached hydrogen (secondary N) is 1. The molecule has 0 aromatic carbocycles. The zero-order chi connectivity index (χ0) is 12.6. The number of ether oxygens (including phenoxy) is 1. The molecule has 0 saturated heterocycles. The molecular weight excluding hydrogens is 204 g/mol. The average Bonchev–Trinajstić information content (AvgIpc) is 2.26. The van der Waals surface area contributed by atoms with Gasteiger partial charge in [-0.15, -0.1) is 0 Å². The molecule has 1 atom stereocenters. The molecule has 16 heavy (non-hydrogen) atoms. The SMILES string of the molecule is COC(C)C(=O)NCCCCN(C)C(C)C. The first-order chi connectivity index (χ1) is 7.49. The number of rotatable bonds is 8. The van der Waals surface area contributed by atoms with Crippen LogP contribution in [0.2, 0.25) is 0 Å². The van der Waals surface area contributed by atoms with E-state index in [1.807, 2.05) is 0 Å². The van der Waals surface area contributed by atoms with Crippen LogP contribution in [0.15, 0.2) is 0 Å². The van der Waals surface area contributed by atoms with Crippen LogP contribution in [0.5, 0.6) is 0 Å². The zero-order valence-electron chi connectivity index (χ0n) is 11.2. The topological polar surface area (TPSA) is 41.6 Å². The van der Waals surface area contributed by atoms with E-state index in [1.54, 1.807) is 14.0 Å². The fourth-order valence-electron chi connectivity index (χ4n) is 1.21. The van der Waals surface area contributed by atoms with Crippen LogP contribution >= 0.6 is 0 Å². The number of nitrogens with zero attached hydrogens (tertiary/aromatic N) is 1. The highest BCUT2D eigenvalue weighted by Crippen LogP contribution is 1.97. The molecule has 4 heteroatoms. The van der Waals surface area contributed by atoms with Gasteiger partial charge in [-0.25, -0.2) is 0 Å². The van der Waals surface area contributed by atoms with E-state index in [0.717, 1.165) is 25.9 Å². The second kappa shape index (κ2) is 8.53. The second-order valence-corrected chi connectivity index (χ2v) is 4.45. The van der Waals surface area contributed by atoms with E-state index in [-0.39, 0.29) is 12.0 Å². The van der Waals surface area contributed by atoms with Crippen LogP contribution in [-0.2, 0) is 9.53 Å². The molecule has 0 bridgehead atoms. The van der Waals surface area contributed by atoms with Crippen molar-refractivity contribution in [2.24, 2.45) is 0 Å². The van der Waals surface area contributed by atoms with Gasteiger partial charge in [0.1, 0.15) is 6.10 Å². The van der Waals surface area contributed by atoms with Gasteiger partial charge >= 0.3 is 0 Å². The largest absolute Gasteiger partial charge is 0.372 e. The van der Waals surface area contributed by atoms with E-state index in [2.05, 4.69) is 31.1 Å². The summed E-state index contributed by atoms with van der Waals surface area (Å²) in [6.45, 7) is 7.93. The minimum absolute atomic E-state index is 0.0280. The molecule has 0 aromatic heterocycles. The third-order valence-corrected chi connectivity index (χ3v) is 2.84. The van der Waals surface area contributed by atoms with Crippen molar-refractivity contribution in [2.75, 3.05) is 27.2 Å². The molecular formula is C12H26N2O2. The Hall–Kier alpha value is -0.610. The minimum atomic E-state index is -0.349. The van der Waals surface area contributed by atoms with Crippen LogP contribution in [0.1, 0.15) is 33.6 Å². The summed E-state index contributed by atoms with van der Waals surface area (Å²) in [4.78, 5) is 13.6. The third kappa shape index (κ3) is 6.80. The summed E-state index contributed by atoms with van der Waals surface area (Å²) in [6.07, 6.45) is 1.77. The Labute approximate surface area is 99.3 Å². The summed E-state index contributed by atoms with van der Waals surface area (Å²) in [5, 5.41) is 2.85. The Kier molecular flexibility index (Phi) is 8.21. The molecule has 0 aliphatic rings. The maximum atomic E-state index is 11.3. The molecule has 1 unspecified atom stereocenters. The third-order valence-electron chi connectivity index (χ3n) is 2.84. The molecule has 0 aliphatic heterocycles. The summed E-state index contributed by atoms with van der Waals surface area (Å²) >= 11 is 0. The normalized spacial score (nSPS) is 13.2. The van der Waals surface area contributed by atoms with E-state index in [0.29, 0.717) is 6.04 Å². The van der Waals surface area contributed by atoms with Gasteiger partial charge in [0.05, 0.1) is 0 Å². The molecule has 1 N–H and O–H groups in total. The number of carbonyl (C=O) groups is 1. The lowest BCUT2D eigenvalue weighted by molar-refractivity contribution is -0.130. The second-order valence-electron chi connectivity index (χ2n) is 4.45. The van der Waals surface area contributed by atoms with Gasteiger partial charge in [0, 0.05) is 19.7 Å². The molecule has 0 aromatic rings. The molecule has 0 saturated carbocycles. The number of methoxy groups -OCH3 is 1. The van der Waals surface area contributed by atoms with Crippen LogP contribution in [0, 0.1) is 0 Å². The molecule has 96 valence electrons. The maximum Gasteiger partial charge on any atom is 0.248 e. The van der Waals surface area contributed by atoms with Crippen molar-refractivity contribution in [1.29, 1.82) is 0 Å². The average molecular weight is 230 g/mol. The van der Waals surface area contributed by atoms with Crippen molar-refractivity contribution in [3.8, 4) is 0 Å². The van der Waals surface area contributed by atoms with Crippen molar-refractivity contribution in [3.63, 3.8) is 0 Å². The van der Waals surface area contributed by atoms with Crippen molar-refractivity contribution >= 4 is 5.91 Å². The molecule has 0 spiro atoms. The number of carbonyl (C=O) groups excluding carboxylic acids is 1. The summed E-state index contributed by atoms with van der Waals surface area (Å²) in [5.74, 6) is -0.0280. The summed E-state index contributed by atoms with van der Waals surface area (Å²) in [7, 11) is 3.66. The first-order valence-corrected chi connectivity index (χ1v) is 5.99. The van der Waals surface area contributed by atoms with Crippen LogP contribution in [0.25, 0.3) is 0 Å². The van der Waals surface area contributed by atoms with Gasteiger partial charge in [-0.1, -0.05) is 0 Å². The van der Waals surface area contributed by atoms with Crippen LogP contribution < -0.4 is 5.32 Å². The van der Waals surface area contributed by atoms with E-state index < -0.39 is 0 Å². The fourth-order valence-corrected chi connectivity index (χ4v) is 1.21. The fraction of sp³-hybridized carbons (Fsp3) is 0.917. The highest BCUT2D eigenvalue weighted by molar-refractivity contribution is 5.80. The lowest BCUT2D eigenvalue weighted by atomic mass is 10.2. The molecule has 0 radical (unpaired) electrons. The molecule has 0 rings (SSSR count). The highest BCUT2D eigenvalue weighted by Gasteiger charge is 2.09. The standard InChI is InChI=1S/C12H26N2O2/c1-10(2)14(4)9-7-6-8-13-12(15)11(3)16-5/h10-11H,6-9H2,1-5H3,(H,13,15). The molecule has 4 nitrogen and oxygen atoms in total. The molecule has 0 aliphatic carbocycles. The summed E-state index contributed by atoms with van der Waals surface area (Å²) in [5.41, 5.74) is 0. The Morgan fingerprint density at radius 3 is 2.44 bits per heavy atom. The highest BCUT2D eigenvalue weighted by atomic mass is 16.5. The number of amides is 1. The van der Waals surface area contributed by atoms with Gasteiger partial charge in [0.25, 0.3) is 0 Å². The maximum absolute atomic E-state index is 11.3. The van der Waals surface area contributed by atoms with Crippen molar-refractivity contribution < 1.29 is 9.53 Å². The van der Waals surface area contributed by atoms with Gasteiger partial charge in [0.15, 0.2) is 0 Å². The van der Waals surface area contributed by atoms with Crippen LogP contribution in [0.3, 0.4) is 0 Å². The smallest absolute Gasteiger partial charge is 0.248 e. The Morgan fingerprint density at radius 1 is 1.31 bits per heavy atom. The predicted molar refractivity (Wildman–Crippen MR) is 66.5 cm³/mol. The Bertz CT molecular complexity index is 195. The molecule has 0 fully saturated rings.